The van der Waals surface area contributed by atoms with E-state index in [0.717, 1.165) is 5.56 Å². The van der Waals surface area contributed by atoms with Gasteiger partial charge in [0.1, 0.15) is 30.1 Å². The van der Waals surface area contributed by atoms with Gasteiger partial charge in [0.15, 0.2) is 12.1 Å². The molecule has 1 aromatic carbocycles. The van der Waals surface area contributed by atoms with E-state index in [1.54, 1.807) is 12.3 Å². The first-order chi connectivity index (χ1) is 16.9. The quantitative estimate of drug-likeness (QED) is 0.554. The van der Waals surface area contributed by atoms with Gasteiger partial charge in [0.25, 0.3) is 0 Å². The number of carbonyl (C=O) groups excluding carboxylic acids is 1. The molecule has 1 amide bonds. The van der Waals surface area contributed by atoms with Crippen molar-refractivity contribution in [3.63, 3.8) is 0 Å². The van der Waals surface area contributed by atoms with Crippen molar-refractivity contribution in [3.05, 3.63) is 71.6 Å². The standard InChI is InChI=1S/C25H30N4O6/c1-25(2)34-22-21(32-15-16-8-4-3-5-9-16)20(33-24(22)35-25)19(30)14-29-13-18(27-28-29)12-26-23(31)17-10-6-7-11-17/h3-10,13,19-22,24,30H,11-12,14-15H2,1-2H3,(H,26,31)/t19-,20-,21+,22-,24-/m1/s1. The van der Waals surface area contributed by atoms with Crippen LogP contribution >= 0.6 is 0 Å². The Labute approximate surface area is 203 Å². The first-order valence-corrected chi connectivity index (χ1v) is 11.8. The van der Waals surface area contributed by atoms with E-state index in [1.165, 1.54) is 4.68 Å². The van der Waals surface area contributed by atoms with Crippen LogP contribution in [0.25, 0.3) is 0 Å². The number of hydrogen-bond donors (Lipinski definition) is 2. The van der Waals surface area contributed by atoms with Crippen LogP contribution in [0.4, 0.5) is 0 Å². The fraction of sp³-hybridized carbons (Fsp3) is 0.480. The molecular formula is C25H30N4O6. The average molecular weight is 483 g/mol. The molecule has 35 heavy (non-hydrogen) atoms. The molecule has 2 saturated heterocycles. The molecule has 5 rings (SSSR count). The Hall–Kier alpha value is -2.89. The lowest BCUT2D eigenvalue weighted by Gasteiger charge is -2.28. The van der Waals surface area contributed by atoms with E-state index in [2.05, 4.69) is 15.6 Å². The number of rotatable bonds is 9. The fourth-order valence-corrected chi connectivity index (χ4v) is 4.47. The summed E-state index contributed by atoms with van der Waals surface area (Å²) in [7, 11) is 0. The number of nitrogens with one attached hydrogen (secondary N) is 1. The van der Waals surface area contributed by atoms with E-state index in [-0.39, 0.29) is 19.0 Å². The molecule has 186 valence electrons. The van der Waals surface area contributed by atoms with Gasteiger partial charge >= 0.3 is 0 Å². The summed E-state index contributed by atoms with van der Waals surface area (Å²) < 4.78 is 25.7. The molecule has 1 aromatic heterocycles. The Morgan fingerprint density at radius 1 is 1.31 bits per heavy atom. The van der Waals surface area contributed by atoms with Crippen molar-refractivity contribution in [1.82, 2.24) is 20.3 Å². The Morgan fingerprint density at radius 2 is 2.14 bits per heavy atom. The molecule has 2 fully saturated rings. The van der Waals surface area contributed by atoms with Crippen LogP contribution in [-0.4, -0.2) is 62.5 Å². The third-order valence-electron chi connectivity index (χ3n) is 6.14. The summed E-state index contributed by atoms with van der Waals surface area (Å²) in [6, 6.07) is 9.80. The smallest absolute Gasteiger partial charge is 0.247 e. The van der Waals surface area contributed by atoms with Crippen molar-refractivity contribution in [2.24, 2.45) is 0 Å². The van der Waals surface area contributed by atoms with Gasteiger partial charge in [-0.1, -0.05) is 53.8 Å². The minimum atomic E-state index is -0.949. The van der Waals surface area contributed by atoms with E-state index in [9.17, 15) is 9.90 Å². The van der Waals surface area contributed by atoms with Crippen molar-refractivity contribution in [2.45, 2.75) is 76.5 Å². The van der Waals surface area contributed by atoms with Crippen molar-refractivity contribution < 1.29 is 28.8 Å². The number of ether oxygens (including phenoxy) is 4. The highest BCUT2D eigenvalue weighted by Crippen LogP contribution is 2.40. The third kappa shape index (κ3) is 5.52. The monoisotopic (exact) mass is 482 g/mol. The molecular weight excluding hydrogens is 452 g/mol. The molecule has 3 heterocycles. The van der Waals surface area contributed by atoms with Gasteiger partial charge in [-0.25, -0.2) is 4.68 Å². The normalized spacial score (nSPS) is 27.6. The van der Waals surface area contributed by atoms with Crippen molar-refractivity contribution in [1.29, 1.82) is 0 Å². The second-order valence-electron chi connectivity index (χ2n) is 9.34. The van der Waals surface area contributed by atoms with Crippen LogP contribution in [0.1, 0.15) is 31.5 Å². The topological polar surface area (TPSA) is 117 Å². The highest BCUT2D eigenvalue weighted by molar-refractivity contribution is 5.94. The molecule has 2 N–H and O–H groups in total. The van der Waals surface area contributed by atoms with E-state index >= 15 is 0 Å². The zero-order valence-corrected chi connectivity index (χ0v) is 19.7. The third-order valence-corrected chi connectivity index (χ3v) is 6.14. The maximum Gasteiger partial charge on any atom is 0.247 e. The van der Waals surface area contributed by atoms with Crippen molar-refractivity contribution in [3.8, 4) is 0 Å². The average Bonchev–Trinajstić information content (AvgIpc) is 3.61. The molecule has 10 nitrogen and oxygen atoms in total. The lowest BCUT2D eigenvalue weighted by Crippen LogP contribution is -2.44. The molecule has 0 unspecified atom stereocenters. The molecule has 0 bridgehead atoms. The largest absolute Gasteiger partial charge is 0.388 e. The van der Waals surface area contributed by atoms with Crippen LogP contribution in [0, 0.1) is 0 Å². The van der Waals surface area contributed by atoms with Gasteiger partial charge < -0.3 is 29.4 Å². The van der Waals surface area contributed by atoms with Crippen molar-refractivity contribution >= 4 is 5.91 Å². The molecule has 2 aromatic rings. The van der Waals surface area contributed by atoms with Gasteiger partial charge in [-0.05, 0) is 25.8 Å². The molecule has 3 aliphatic rings. The van der Waals surface area contributed by atoms with Gasteiger partial charge in [-0.3, -0.25) is 4.79 Å². The summed E-state index contributed by atoms with van der Waals surface area (Å²) in [6.07, 6.45) is 4.65. The van der Waals surface area contributed by atoms with E-state index in [0.29, 0.717) is 24.3 Å². The van der Waals surface area contributed by atoms with E-state index < -0.39 is 36.5 Å². The molecule has 2 aliphatic heterocycles. The summed E-state index contributed by atoms with van der Waals surface area (Å²) in [5.74, 6) is -0.924. The lowest BCUT2D eigenvalue weighted by molar-refractivity contribution is -0.231. The number of aliphatic hydroxyl groups is 1. The minimum Gasteiger partial charge on any atom is -0.388 e. The first-order valence-electron chi connectivity index (χ1n) is 11.8. The fourth-order valence-electron chi connectivity index (χ4n) is 4.47. The van der Waals surface area contributed by atoms with Crippen LogP contribution in [0.2, 0.25) is 0 Å². The zero-order chi connectivity index (χ0) is 24.4. The predicted molar refractivity (Wildman–Crippen MR) is 123 cm³/mol. The van der Waals surface area contributed by atoms with Gasteiger partial charge in [0.05, 0.1) is 25.9 Å². The SMILES string of the molecule is CC1(C)O[C@H]2O[C@H]([C@H](O)Cn3cc(CNC(=O)C4=CC=CC4)nn3)[C@H](OCc3ccccc3)[C@H]2O1. The number of aliphatic hydroxyl groups excluding tert-OH is 1. The molecule has 1 aliphatic carbocycles. The summed E-state index contributed by atoms with van der Waals surface area (Å²) in [5.41, 5.74) is 2.31. The number of fused-ring (bicyclic) bond motifs is 1. The maximum absolute atomic E-state index is 12.2. The predicted octanol–water partition coefficient (Wildman–Crippen LogP) is 1.60. The molecule has 5 atom stereocenters. The number of amides is 1. The Bertz CT molecular complexity index is 1100. The molecule has 0 saturated carbocycles. The summed E-state index contributed by atoms with van der Waals surface area (Å²) in [4.78, 5) is 12.2. The first kappa shape index (κ1) is 23.8. The Morgan fingerprint density at radius 3 is 2.91 bits per heavy atom. The molecule has 0 spiro atoms. The van der Waals surface area contributed by atoms with Crippen LogP contribution < -0.4 is 5.32 Å². The van der Waals surface area contributed by atoms with Gasteiger partial charge in [-0.2, -0.15) is 0 Å². The summed E-state index contributed by atoms with van der Waals surface area (Å²) in [5, 5.41) is 22.1. The summed E-state index contributed by atoms with van der Waals surface area (Å²) in [6.45, 7) is 4.38. The van der Waals surface area contributed by atoms with Crippen molar-refractivity contribution in [2.75, 3.05) is 0 Å². The van der Waals surface area contributed by atoms with Gasteiger partial charge in [-0.15, -0.1) is 5.10 Å². The van der Waals surface area contributed by atoms with Crippen LogP contribution in [0.5, 0.6) is 0 Å². The number of allylic oxidation sites excluding steroid dienone is 3. The second-order valence-corrected chi connectivity index (χ2v) is 9.34. The van der Waals surface area contributed by atoms with Crippen LogP contribution in [-0.2, 0) is 43.4 Å². The highest BCUT2D eigenvalue weighted by Gasteiger charge is 2.57. The van der Waals surface area contributed by atoms with Crippen LogP contribution in [0.3, 0.4) is 0 Å². The maximum atomic E-state index is 12.2. The molecule has 0 radical (unpaired) electrons. The number of carbonyl (C=O) groups is 1. The molecule has 10 heteroatoms. The van der Waals surface area contributed by atoms with E-state index in [4.69, 9.17) is 18.9 Å². The lowest BCUT2D eigenvalue weighted by atomic mass is 10.1. The van der Waals surface area contributed by atoms with E-state index in [1.807, 2.05) is 56.3 Å². The second kappa shape index (κ2) is 10.00. The number of hydrogen-bond acceptors (Lipinski definition) is 8. The zero-order valence-electron chi connectivity index (χ0n) is 19.7. The Kier molecular flexibility index (Phi) is 6.81. The number of nitrogens with zero attached hydrogens (tertiary/aromatic N) is 3. The van der Waals surface area contributed by atoms with Gasteiger partial charge in [0, 0.05) is 5.57 Å². The van der Waals surface area contributed by atoms with Crippen LogP contribution in [0.15, 0.2) is 60.3 Å². The summed E-state index contributed by atoms with van der Waals surface area (Å²) >= 11 is 0. The Balaban J connectivity index is 1.20. The minimum absolute atomic E-state index is 0.128. The number of aromatic nitrogens is 3. The number of benzene rings is 1. The van der Waals surface area contributed by atoms with Gasteiger partial charge in [0.2, 0.25) is 5.91 Å². The highest BCUT2D eigenvalue weighted by atomic mass is 16.8.